The first-order chi connectivity index (χ1) is 18.1. The summed E-state index contributed by atoms with van der Waals surface area (Å²) in [5.74, 6) is -2.28. The zero-order chi connectivity index (χ0) is 29.5. The Labute approximate surface area is 230 Å². The molecule has 1 aromatic rings. The van der Waals surface area contributed by atoms with Crippen molar-refractivity contribution < 1.29 is 33.4 Å². The number of hydrogen-bond acceptors (Lipinski definition) is 7. The molecule has 0 aromatic heterocycles. The van der Waals surface area contributed by atoms with E-state index in [0.717, 1.165) is 11.1 Å². The fourth-order valence-electron chi connectivity index (χ4n) is 4.43. The molecule has 2 rings (SSSR count). The maximum absolute atomic E-state index is 14.1. The molecule has 4 amide bonds. The number of nitrogens with zero attached hydrogens (tertiary/aromatic N) is 1. The van der Waals surface area contributed by atoms with Gasteiger partial charge < -0.3 is 30.7 Å². The van der Waals surface area contributed by atoms with Gasteiger partial charge in [0.05, 0.1) is 19.4 Å². The van der Waals surface area contributed by atoms with Gasteiger partial charge in [-0.1, -0.05) is 36.2 Å². The van der Waals surface area contributed by atoms with Crippen LogP contribution in [0, 0.1) is 19.8 Å². The first-order valence-electron chi connectivity index (χ1n) is 13.2. The van der Waals surface area contributed by atoms with Crippen molar-refractivity contribution >= 4 is 29.8 Å². The second-order valence-corrected chi connectivity index (χ2v) is 11.1. The third-order valence-electron chi connectivity index (χ3n) is 6.09. The van der Waals surface area contributed by atoms with E-state index in [2.05, 4.69) is 10.6 Å². The van der Waals surface area contributed by atoms with E-state index < -0.39 is 53.9 Å². The summed E-state index contributed by atoms with van der Waals surface area (Å²) in [7, 11) is 0. The molecule has 0 aliphatic heterocycles. The zero-order valence-electron chi connectivity index (χ0n) is 24.0. The number of rotatable bonds is 12. The third-order valence-corrected chi connectivity index (χ3v) is 6.09. The van der Waals surface area contributed by atoms with Gasteiger partial charge in [-0.25, -0.2) is 4.79 Å². The summed E-state index contributed by atoms with van der Waals surface area (Å²) in [6.07, 6.45) is -0.747. The van der Waals surface area contributed by atoms with Gasteiger partial charge in [-0.2, -0.15) is 0 Å². The molecule has 0 radical (unpaired) electrons. The number of alkyl carbamates (subject to hydrolysis) is 1. The number of nitrogens with one attached hydrogen (secondary N) is 2. The van der Waals surface area contributed by atoms with E-state index in [1.807, 2.05) is 39.0 Å². The summed E-state index contributed by atoms with van der Waals surface area (Å²) in [5, 5.41) is 5.23. The van der Waals surface area contributed by atoms with Crippen LogP contribution in [0.25, 0.3) is 0 Å². The Balaban J connectivity index is 2.48. The first kappa shape index (κ1) is 31.6. The molecule has 1 aromatic carbocycles. The zero-order valence-corrected chi connectivity index (χ0v) is 24.0. The molecule has 1 saturated carbocycles. The van der Waals surface area contributed by atoms with Crippen LogP contribution in [0.4, 0.5) is 4.79 Å². The molecule has 4 atom stereocenters. The van der Waals surface area contributed by atoms with Crippen molar-refractivity contribution in [3.63, 3.8) is 0 Å². The highest BCUT2D eigenvalue weighted by Crippen LogP contribution is 2.41. The lowest BCUT2D eigenvalue weighted by molar-refractivity contribution is -0.145. The minimum Gasteiger partial charge on any atom is -0.466 e. The second-order valence-electron chi connectivity index (χ2n) is 11.1. The van der Waals surface area contributed by atoms with E-state index in [9.17, 15) is 24.0 Å². The highest BCUT2D eigenvalue weighted by Gasteiger charge is 2.48. The molecular formula is C28H42N4O7. The van der Waals surface area contributed by atoms with Gasteiger partial charge in [-0.3, -0.25) is 19.2 Å². The predicted octanol–water partition coefficient (Wildman–Crippen LogP) is 2.42. The van der Waals surface area contributed by atoms with Gasteiger partial charge in [0.15, 0.2) is 0 Å². The number of amides is 4. The summed E-state index contributed by atoms with van der Waals surface area (Å²) in [6.45, 7) is 12.7. The van der Waals surface area contributed by atoms with Crippen molar-refractivity contribution in [3.8, 4) is 0 Å². The van der Waals surface area contributed by atoms with Crippen molar-refractivity contribution in [2.45, 2.75) is 91.5 Å². The van der Waals surface area contributed by atoms with Crippen molar-refractivity contribution in [1.82, 2.24) is 15.5 Å². The van der Waals surface area contributed by atoms with Gasteiger partial charge in [0, 0.05) is 12.6 Å². The number of benzene rings is 1. The Kier molecular flexibility index (Phi) is 10.9. The van der Waals surface area contributed by atoms with Gasteiger partial charge in [0.1, 0.15) is 17.7 Å². The van der Waals surface area contributed by atoms with Crippen LogP contribution in [0.5, 0.6) is 0 Å². The lowest BCUT2D eigenvalue weighted by atomic mass is 9.97. The molecule has 0 bridgehead atoms. The number of hydrogen-bond donors (Lipinski definition) is 3. The first-order valence-corrected chi connectivity index (χ1v) is 13.2. The van der Waals surface area contributed by atoms with Crippen molar-refractivity contribution in [1.29, 1.82) is 0 Å². The van der Waals surface area contributed by atoms with E-state index in [1.165, 1.54) is 4.90 Å². The van der Waals surface area contributed by atoms with E-state index >= 15 is 0 Å². The van der Waals surface area contributed by atoms with Crippen LogP contribution in [-0.4, -0.2) is 65.5 Å². The van der Waals surface area contributed by atoms with Crippen LogP contribution in [0.3, 0.4) is 0 Å². The quantitative estimate of drug-likeness (QED) is 0.340. The van der Waals surface area contributed by atoms with Gasteiger partial charge >= 0.3 is 12.1 Å². The topological polar surface area (TPSA) is 157 Å². The highest BCUT2D eigenvalue weighted by atomic mass is 16.6. The fourth-order valence-corrected chi connectivity index (χ4v) is 4.43. The standard InChI is InChI=1S/C28H42N4O7/c1-8-38-23(34)9-10-30-25(35)24(19-12-16(2)11-17(3)13-19)32(21-14-18(21)4)26(36)20(15-22(29)33)31-27(37)39-28(5,6)7/h11-13,18,20-21,24H,8-10,14-15H2,1-7H3,(H2,29,33)(H,30,35)(H,31,37). The molecule has 11 heteroatoms. The number of ether oxygens (including phenoxy) is 2. The Hall–Kier alpha value is -3.63. The number of aryl methyl sites for hydroxylation is 2. The highest BCUT2D eigenvalue weighted by molar-refractivity contribution is 5.95. The van der Waals surface area contributed by atoms with Gasteiger partial charge in [0.25, 0.3) is 0 Å². The lowest BCUT2D eigenvalue weighted by Gasteiger charge is -2.35. The molecular weight excluding hydrogens is 504 g/mol. The second kappa shape index (κ2) is 13.4. The van der Waals surface area contributed by atoms with Gasteiger partial charge in [-0.15, -0.1) is 0 Å². The monoisotopic (exact) mass is 546 g/mol. The van der Waals surface area contributed by atoms with Crippen LogP contribution < -0.4 is 16.4 Å². The fraction of sp³-hybridized carbons (Fsp3) is 0.607. The van der Waals surface area contributed by atoms with E-state index in [1.54, 1.807) is 27.7 Å². The SMILES string of the molecule is CCOC(=O)CCNC(=O)C(c1cc(C)cc(C)c1)N(C(=O)C(CC(N)=O)NC(=O)OC(C)(C)C)C1CC1C. The van der Waals surface area contributed by atoms with Crippen LogP contribution in [0.2, 0.25) is 0 Å². The summed E-state index contributed by atoms with van der Waals surface area (Å²) < 4.78 is 10.2. The largest absolute Gasteiger partial charge is 0.466 e. The van der Waals surface area contributed by atoms with Crippen LogP contribution in [-0.2, 0) is 28.7 Å². The van der Waals surface area contributed by atoms with Gasteiger partial charge in [0.2, 0.25) is 17.7 Å². The number of nitrogens with two attached hydrogens (primary N) is 1. The summed E-state index contributed by atoms with van der Waals surface area (Å²) in [5.41, 5.74) is 6.96. The minimum atomic E-state index is -1.34. The number of primary amides is 1. The number of esters is 1. The summed E-state index contributed by atoms with van der Waals surface area (Å²) in [6, 6.07) is 2.86. The van der Waals surface area contributed by atoms with Crippen LogP contribution in [0.15, 0.2) is 18.2 Å². The van der Waals surface area contributed by atoms with Crippen LogP contribution in [0.1, 0.15) is 76.6 Å². The van der Waals surface area contributed by atoms with E-state index in [0.29, 0.717) is 12.0 Å². The van der Waals surface area contributed by atoms with Crippen LogP contribution >= 0.6 is 0 Å². The molecule has 216 valence electrons. The van der Waals surface area contributed by atoms with Crippen molar-refractivity contribution in [3.05, 3.63) is 34.9 Å². The number of carbonyl (C=O) groups excluding carboxylic acids is 5. The van der Waals surface area contributed by atoms with E-state index in [-0.39, 0.29) is 31.5 Å². The average molecular weight is 547 g/mol. The van der Waals surface area contributed by atoms with E-state index in [4.69, 9.17) is 15.2 Å². The molecule has 0 saturated heterocycles. The van der Waals surface area contributed by atoms with Crippen molar-refractivity contribution in [2.75, 3.05) is 13.2 Å². The Morgan fingerprint density at radius 1 is 1.10 bits per heavy atom. The lowest BCUT2D eigenvalue weighted by Crippen LogP contribution is -2.55. The summed E-state index contributed by atoms with van der Waals surface area (Å²) >= 11 is 0. The maximum Gasteiger partial charge on any atom is 0.408 e. The molecule has 4 N–H and O–H groups in total. The molecule has 1 aliphatic carbocycles. The van der Waals surface area contributed by atoms with Gasteiger partial charge in [-0.05, 0) is 59.4 Å². The summed E-state index contributed by atoms with van der Waals surface area (Å²) in [4.78, 5) is 65.5. The molecule has 4 unspecified atom stereocenters. The third kappa shape index (κ3) is 9.88. The predicted molar refractivity (Wildman–Crippen MR) is 144 cm³/mol. The molecule has 11 nitrogen and oxygen atoms in total. The maximum atomic E-state index is 14.1. The normalized spacial score (nSPS) is 17.8. The molecule has 1 fully saturated rings. The smallest absolute Gasteiger partial charge is 0.408 e. The number of carbonyl (C=O) groups is 5. The van der Waals surface area contributed by atoms with Crippen molar-refractivity contribution in [2.24, 2.45) is 11.7 Å². The molecule has 39 heavy (non-hydrogen) atoms. The Morgan fingerprint density at radius 2 is 1.69 bits per heavy atom. The Morgan fingerprint density at radius 3 is 2.18 bits per heavy atom. The Bertz CT molecular complexity index is 1060. The molecule has 1 aliphatic rings. The minimum absolute atomic E-state index is 0.0160. The molecule has 0 spiro atoms. The average Bonchev–Trinajstić information content (AvgIpc) is 3.49. The molecule has 0 heterocycles.